The Labute approximate surface area is 164 Å². The number of ether oxygens (including phenoxy) is 3. The average molecular weight is 391 g/mol. The zero-order chi connectivity index (χ0) is 19.2. The monoisotopic (exact) mass is 390 g/mol. The van der Waals surface area contributed by atoms with Crippen molar-refractivity contribution in [2.75, 3.05) is 60.7 Å². The van der Waals surface area contributed by atoms with E-state index in [-0.39, 0.29) is 5.91 Å². The molecule has 0 radical (unpaired) electrons. The van der Waals surface area contributed by atoms with E-state index in [9.17, 15) is 4.79 Å². The number of thiophene rings is 1. The molecule has 0 fully saturated rings. The third-order valence-corrected chi connectivity index (χ3v) is 5.44. The molecular weight excluding hydrogens is 364 g/mol. The van der Waals surface area contributed by atoms with Gasteiger partial charge in [-0.3, -0.25) is 4.79 Å². The van der Waals surface area contributed by atoms with E-state index in [1.165, 1.54) is 11.3 Å². The summed E-state index contributed by atoms with van der Waals surface area (Å²) >= 11 is 1.50. The number of carbonyl (C=O) groups is 1. The smallest absolute Gasteiger partial charge is 0.264 e. The molecule has 3 rings (SSSR count). The van der Waals surface area contributed by atoms with E-state index < -0.39 is 0 Å². The van der Waals surface area contributed by atoms with Crippen molar-refractivity contribution < 1.29 is 19.0 Å². The standard InChI is InChI=1S/C20H26N2O4S/c1-21(2)8-9-22(10-11-24-3)20(23)19-7-6-18(27-19)15-4-5-16-17(14-15)26-13-12-25-16/h4-7,14H,8-13H2,1-3H3. The second-order valence-corrected chi connectivity index (χ2v) is 7.69. The molecule has 0 bridgehead atoms. The summed E-state index contributed by atoms with van der Waals surface area (Å²) in [5.74, 6) is 1.57. The van der Waals surface area contributed by atoms with Crippen LogP contribution < -0.4 is 9.47 Å². The van der Waals surface area contributed by atoms with Gasteiger partial charge in [-0.15, -0.1) is 11.3 Å². The number of amides is 1. The van der Waals surface area contributed by atoms with Gasteiger partial charge in [-0.25, -0.2) is 0 Å². The number of rotatable bonds is 8. The predicted octanol–water partition coefficient (Wildman–Crippen LogP) is 2.84. The highest BCUT2D eigenvalue weighted by Gasteiger charge is 2.19. The summed E-state index contributed by atoms with van der Waals surface area (Å²) in [6.07, 6.45) is 0. The fourth-order valence-electron chi connectivity index (χ4n) is 2.80. The summed E-state index contributed by atoms with van der Waals surface area (Å²) in [6.45, 7) is 3.74. The molecular formula is C20H26N2O4S. The van der Waals surface area contributed by atoms with Gasteiger partial charge in [0, 0.05) is 31.6 Å². The molecule has 2 aromatic rings. The number of likely N-dealkylation sites (N-methyl/N-ethyl adjacent to an activating group) is 1. The minimum atomic E-state index is 0.0442. The predicted molar refractivity (Wildman–Crippen MR) is 107 cm³/mol. The topological polar surface area (TPSA) is 51.2 Å². The zero-order valence-corrected chi connectivity index (χ0v) is 16.9. The molecule has 0 atom stereocenters. The molecule has 0 saturated carbocycles. The van der Waals surface area contributed by atoms with Crippen LogP contribution >= 0.6 is 11.3 Å². The van der Waals surface area contributed by atoms with Crippen molar-refractivity contribution in [3.05, 3.63) is 35.2 Å². The lowest BCUT2D eigenvalue weighted by molar-refractivity contribution is 0.0688. The first-order valence-electron chi connectivity index (χ1n) is 9.01. The van der Waals surface area contributed by atoms with Gasteiger partial charge in [0.15, 0.2) is 11.5 Å². The van der Waals surface area contributed by atoms with Gasteiger partial charge >= 0.3 is 0 Å². The van der Waals surface area contributed by atoms with Gasteiger partial charge in [-0.05, 0) is 50.0 Å². The molecule has 7 heteroatoms. The maximum Gasteiger partial charge on any atom is 0.264 e. The first-order valence-corrected chi connectivity index (χ1v) is 9.83. The lowest BCUT2D eigenvalue weighted by Gasteiger charge is -2.23. The highest BCUT2D eigenvalue weighted by atomic mass is 32.1. The molecule has 1 aromatic carbocycles. The normalized spacial score (nSPS) is 13.0. The van der Waals surface area contributed by atoms with Crippen LogP contribution in [0.5, 0.6) is 11.5 Å². The van der Waals surface area contributed by atoms with Crippen LogP contribution in [0, 0.1) is 0 Å². The first-order chi connectivity index (χ1) is 13.1. The van der Waals surface area contributed by atoms with E-state index >= 15 is 0 Å². The molecule has 0 saturated heterocycles. The number of hydrogen-bond donors (Lipinski definition) is 0. The minimum Gasteiger partial charge on any atom is -0.486 e. The van der Waals surface area contributed by atoms with Crippen LogP contribution in [0.2, 0.25) is 0 Å². The molecule has 0 spiro atoms. The van der Waals surface area contributed by atoms with E-state index in [4.69, 9.17) is 14.2 Å². The van der Waals surface area contributed by atoms with Crippen LogP contribution in [0.4, 0.5) is 0 Å². The highest BCUT2D eigenvalue weighted by Crippen LogP contribution is 2.37. The van der Waals surface area contributed by atoms with E-state index in [0.717, 1.165) is 33.4 Å². The molecule has 146 valence electrons. The van der Waals surface area contributed by atoms with Gasteiger partial charge in [0.1, 0.15) is 13.2 Å². The van der Waals surface area contributed by atoms with E-state index in [0.29, 0.717) is 32.9 Å². The second-order valence-electron chi connectivity index (χ2n) is 6.61. The molecule has 27 heavy (non-hydrogen) atoms. The molecule has 0 aliphatic carbocycles. The summed E-state index contributed by atoms with van der Waals surface area (Å²) in [6, 6.07) is 9.79. The Morgan fingerprint density at radius 2 is 1.85 bits per heavy atom. The van der Waals surface area contributed by atoms with Crippen LogP contribution in [0.3, 0.4) is 0 Å². The fourth-order valence-corrected chi connectivity index (χ4v) is 3.77. The van der Waals surface area contributed by atoms with Gasteiger partial charge in [0.05, 0.1) is 11.5 Å². The van der Waals surface area contributed by atoms with E-state index in [2.05, 4.69) is 4.90 Å². The summed E-state index contributed by atoms with van der Waals surface area (Å²) in [5, 5.41) is 0. The summed E-state index contributed by atoms with van der Waals surface area (Å²) in [5.41, 5.74) is 1.03. The Hall–Kier alpha value is -2.09. The third-order valence-electron chi connectivity index (χ3n) is 4.31. The van der Waals surface area contributed by atoms with Crippen LogP contribution in [0.1, 0.15) is 9.67 Å². The SMILES string of the molecule is COCCN(CCN(C)C)C(=O)c1ccc(-c2ccc3c(c2)OCCO3)s1. The van der Waals surface area contributed by atoms with Crippen molar-refractivity contribution in [3.8, 4) is 21.9 Å². The molecule has 1 amide bonds. The van der Waals surface area contributed by atoms with Crippen LogP contribution in [-0.4, -0.2) is 76.4 Å². The fraction of sp³-hybridized carbons (Fsp3) is 0.450. The molecule has 6 nitrogen and oxygen atoms in total. The number of methoxy groups -OCH3 is 1. The summed E-state index contributed by atoms with van der Waals surface area (Å²) in [7, 11) is 5.66. The molecule has 2 heterocycles. The Balaban J connectivity index is 1.75. The van der Waals surface area contributed by atoms with Crippen molar-refractivity contribution in [2.24, 2.45) is 0 Å². The van der Waals surface area contributed by atoms with Gasteiger partial charge < -0.3 is 24.0 Å². The van der Waals surface area contributed by atoms with Crippen molar-refractivity contribution in [1.29, 1.82) is 0 Å². The zero-order valence-electron chi connectivity index (χ0n) is 16.1. The molecule has 0 N–H and O–H groups in total. The first kappa shape index (κ1) is 19.7. The lowest BCUT2D eigenvalue weighted by Crippen LogP contribution is -2.38. The highest BCUT2D eigenvalue weighted by molar-refractivity contribution is 7.17. The Morgan fingerprint density at radius 1 is 1.07 bits per heavy atom. The Bertz CT molecular complexity index is 775. The van der Waals surface area contributed by atoms with Crippen molar-refractivity contribution in [3.63, 3.8) is 0 Å². The van der Waals surface area contributed by atoms with Gasteiger partial charge in [0.25, 0.3) is 5.91 Å². The number of carbonyl (C=O) groups excluding carboxylic acids is 1. The second kappa shape index (κ2) is 9.21. The lowest BCUT2D eigenvalue weighted by atomic mass is 10.1. The summed E-state index contributed by atoms with van der Waals surface area (Å²) < 4.78 is 16.4. The largest absolute Gasteiger partial charge is 0.486 e. The van der Waals surface area contributed by atoms with Crippen molar-refractivity contribution in [2.45, 2.75) is 0 Å². The van der Waals surface area contributed by atoms with Crippen LogP contribution in [0.25, 0.3) is 10.4 Å². The maximum absolute atomic E-state index is 13.0. The average Bonchev–Trinajstić information content (AvgIpc) is 3.17. The van der Waals surface area contributed by atoms with Gasteiger partial charge in [-0.1, -0.05) is 0 Å². The summed E-state index contributed by atoms with van der Waals surface area (Å²) in [4.78, 5) is 18.6. The molecule has 1 aliphatic rings. The van der Waals surface area contributed by atoms with Gasteiger partial charge in [0.2, 0.25) is 0 Å². The Morgan fingerprint density at radius 3 is 2.59 bits per heavy atom. The van der Waals surface area contributed by atoms with Crippen molar-refractivity contribution in [1.82, 2.24) is 9.80 Å². The number of fused-ring (bicyclic) bond motifs is 1. The number of benzene rings is 1. The molecule has 1 aromatic heterocycles. The minimum absolute atomic E-state index is 0.0442. The van der Waals surface area contributed by atoms with E-state index in [1.807, 2.05) is 49.3 Å². The third kappa shape index (κ3) is 5.00. The van der Waals surface area contributed by atoms with Gasteiger partial charge in [-0.2, -0.15) is 0 Å². The quantitative estimate of drug-likeness (QED) is 0.694. The van der Waals surface area contributed by atoms with E-state index in [1.54, 1.807) is 7.11 Å². The maximum atomic E-state index is 13.0. The molecule has 1 aliphatic heterocycles. The van der Waals surface area contributed by atoms with Crippen LogP contribution in [0.15, 0.2) is 30.3 Å². The van der Waals surface area contributed by atoms with Crippen LogP contribution in [-0.2, 0) is 4.74 Å². The molecule has 0 unspecified atom stereocenters. The number of hydrogen-bond acceptors (Lipinski definition) is 6. The Kier molecular flexibility index (Phi) is 6.71. The van der Waals surface area contributed by atoms with Crippen molar-refractivity contribution >= 4 is 17.2 Å². The number of nitrogens with zero attached hydrogens (tertiary/aromatic N) is 2.